The first-order chi connectivity index (χ1) is 5.56. The maximum absolute atomic E-state index is 11.1. The Morgan fingerprint density at radius 1 is 1.23 bits per heavy atom. The van der Waals surface area contributed by atoms with Crippen molar-refractivity contribution in [3.8, 4) is 0 Å². The van der Waals surface area contributed by atoms with E-state index in [1.165, 1.54) is 12.1 Å². The van der Waals surface area contributed by atoms with Crippen molar-refractivity contribution in [1.82, 2.24) is 4.83 Å². The van der Waals surface area contributed by atoms with E-state index in [0.29, 0.717) is 0 Å². The molecule has 13 heavy (non-hydrogen) atoms. The predicted molar refractivity (Wildman–Crippen MR) is 45.7 cm³/mol. The van der Waals surface area contributed by atoms with Crippen molar-refractivity contribution in [3.63, 3.8) is 0 Å². The molecule has 4 nitrogen and oxygen atoms in total. The van der Waals surface area contributed by atoms with E-state index in [4.69, 9.17) is 5.84 Å². The molecular weight excluding hydrogens is 199 g/mol. The van der Waals surface area contributed by atoms with Crippen molar-refractivity contribution in [2.75, 3.05) is 0 Å². The van der Waals surface area contributed by atoms with Crippen LogP contribution in [-0.4, -0.2) is 8.42 Å². The van der Waals surface area contributed by atoms with Crippen LogP contribution in [0.15, 0.2) is 29.2 Å². The number of hydrogen-bond donors (Lipinski definition) is 2. The smallest absolute Gasteiger partial charge is 0.257 e. The average Bonchev–Trinajstić information content (AvgIpc) is 2.05. The van der Waals surface area contributed by atoms with Crippen LogP contribution >= 0.6 is 0 Å². The molecule has 0 bridgehead atoms. The quantitative estimate of drug-likeness (QED) is 0.313. The fourth-order valence-corrected chi connectivity index (χ4v) is 1.42. The van der Waals surface area contributed by atoms with Gasteiger partial charge in [0.2, 0.25) is 0 Å². The van der Waals surface area contributed by atoms with Gasteiger partial charge in [-0.05, 0) is 19.1 Å². The zero-order valence-corrected chi connectivity index (χ0v) is 10.4. The summed E-state index contributed by atoms with van der Waals surface area (Å²) in [7, 11) is -3.49. The van der Waals surface area contributed by atoms with Gasteiger partial charge in [-0.2, -0.15) is 4.83 Å². The van der Waals surface area contributed by atoms with E-state index < -0.39 is 10.0 Å². The maximum atomic E-state index is 11.1. The van der Waals surface area contributed by atoms with Gasteiger partial charge in [-0.3, -0.25) is 5.84 Å². The third-order valence-electron chi connectivity index (χ3n) is 1.49. The Balaban J connectivity index is 0.00000144. The van der Waals surface area contributed by atoms with E-state index in [1.807, 2.05) is 6.92 Å². The van der Waals surface area contributed by atoms with E-state index in [2.05, 4.69) is 0 Å². The summed E-state index contributed by atoms with van der Waals surface area (Å²) in [4.78, 5) is 1.93. The van der Waals surface area contributed by atoms with Gasteiger partial charge in [0.15, 0.2) is 0 Å². The summed E-state index contributed by atoms with van der Waals surface area (Å²) in [6.07, 6.45) is 0. The summed E-state index contributed by atoms with van der Waals surface area (Å²) in [5, 5.41) is 0. The molecule has 0 amide bonds. The Kier molecular flexibility index (Phi) is 5.13. The van der Waals surface area contributed by atoms with Gasteiger partial charge in [0.05, 0.1) is 4.90 Å². The monoisotopic (exact) mass is 209 g/mol. The second kappa shape index (κ2) is 5.09. The molecule has 0 saturated heterocycles. The van der Waals surface area contributed by atoms with E-state index >= 15 is 0 Å². The Bertz CT molecular complexity index is 361. The fraction of sp³-hybridized carbons (Fsp3) is 0.143. The molecule has 0 spiro atoms. The molecule has 0 radical (unpaired) electrons. The molecule has 0 fully saturated rings. The summed E-state index contributed by atoms with van der Waals surface area (Å²) in [6, 6.07) is 6.43. The van der Waals surface area contributed by atoms with Gasteiger partial charge >= 0.3 is 29.6 Å². The summed E-state index contributed by atoms with van der Waals surface area (Å²) in [6.45, 7) is 1.88. The number of hydrazine groups is 1. The van der Waals surface area contributed by atoms with Gasteiger partial charge in [-0.25, -0.2) is 8.42 Å². The van der Waals surface area contributed by atoms with Crippen LogP contribution in [0.4, 0.5) is 0 Å². The number of benzene rings is 1. The topological polar surface area (TPSA) is 72.2 Å². The van der Waals surface area contributed by atoms with Crippen molar-refractivity contribution in [2.45, 2.75) is 11.8 Å². The van der Waals surface area contributed by atoms with Gasteiger partial charge in [0, 0.05) is 0 Å². The first-order valence-electron chi connectivity index (χ1n) is 3.35. The van der Waals surface area contributed by atoms with Crippen molar-refractivity contribution in [2.24, 2.45) is 5.84 Å². The van der Waals surface area contributed by atoms with Crippen LogP contribution in [-0.2, 0) is 10.0 Å². The Hall–Kier alpha value is 0.0900. The van der Waals surface area contributed by atoms with Crippen molar-refractivity contribution in [3.05, 3.63) is 29.8 Å². The van der Waals surface area contributed by atoms with E-state index in [9.17, 15) is 8.42 Å². The predicted octanol–water partition coefficient (Wildman–Crippen LogP) is -2.85. The van der Waals surface area contributed by atoms with Gasteiger partial charge in [0.25, 0.3) is 10.0 Å². The van der Waals surface area contributed by atoms with E-state index in [1.54, 1.807) is 17.0 Å². The van der Waals surface area contributed by atoms with Crippen LogP contribution in [0.25, 0.3) is 0 Å². The zero-order chi connectivity index (χ0) is 9.19. The number of aryl methyl sites for hydroxylation is 1. The van der Waals surface area contributed by atoms with E-state index in [0.717, 1.165) is 5.56 Å². The molecular formula is C7H10N2NaO2S+. The van der Waals surface area contributed by atoms with Crippen LogP contribution in [0.1, 0.15) is 5.56 Å². The molecule has 0 atom stereocenters. The summed E-state index contributed by atoms with van der Waals surface area (Å²) in [5.41, 5.74) is 1.01. The molecule has 1 rings (SSSR count). The Morgan fingerprint density at radius 3 is 2.08 bits per heavy atom. The standard InChI is InChI=1S/C7H10N2O2S.Na/c1-6-2-4-7(5-3-6)12(10,11)9-8;/h2-5,9H,8H2,1H3;/q;+1. The van der Waals surface area contributed by atoms with Crippen molar-refractivity contribution >= 4 is 10.0 Å². The number of nitrogens with two attached hydrogens (primary N) is 1. The molecule has 0 unspecified atom stereocenters. The van der Waals surface area contributed by atoms with Crippen LogP contribution in [0.5, 0.6) is 0 Å². The van der Waals surface area contributed by atoms with Gasteiger partial charge in [-0.15, -0.1) is 0 Å². The summed E-state index contributed by atoms with van der Waals surface area (Å²) >= 11 is 0. The first-order valence-corrected chi connectivity index (χ1v) is 4.83. The SMILES string of the molecule is Cc1ccc(S(=O)(=O)NN)cc1.[Na+]. The number of hydrogen-bond acceptors (Lipinski definition) is 3. The van der Waals surface area contributed by atoms with Crippen LogP contribution < -0.4 is 40.2 Å². The van der Waals surface area contributed by atoms with E-state index in [-0.39, 0.29) is 34.5 Å². The minimum Gasteiger partial charge on any atom is -0.257 e. The molecule has 0 heterocycles. The molecule has 0 aromatic heterocycles. The number of rotatable bonds is 2. The molecule has 1 aromatic carbocycles. The third kappa shape index (κ3) is 3.38. The van der Waals surface area contributed by atoms with Crippen LogP contribution in [0.3, 0.4) is 0 Å². The molecule has 0 aliphatic heterocycles. The molecule has 6 heteroatoms. The summed E-state index contributed by atoms with van der Waals surface area (Å²) in [5.74, 6) is 4.84. The van der Waals surface area contributed by atoms with Crippen LogP contribution in [0.2, 0.25) is 0 Å². The Labute approximate surface area is 99.8 Å². The molecule has 0 aliphatic carbocycles. The molecule has 0 saturated carbocycles. The molecule has 0 aliphatic rings. The zero-order valence-electron chi connectivity index (χ0n) is 7.61. The average molecular weight is 209 g/mol. The number of nitrogens with one attached hydrogen (secondary N) is 1. The first kappa shape index (κ1) is 13.1. The molecule has 1 aromatic rings. The van der Waals surface area contributed by atoms with Gasteiger partial charge < -0.3 is 0 Å². The van der Waals surface area contributed by atoms with Crippen molar-refractivity contribution in [1.29, 1.82) is 0 Å². The minimum atomic E-state index is -3.49. The van der Waals surface area contributed by atoms with Gasteiger partial charge in [0.1, 0.15) is 0 Å². The summed E-state index contributed by atoms with van der Waals surface area (Å²) < 4.78 is 22.2. The van der Waals surface area contributed by atoms with Gasteiger partial charge in [-0.1, -0.05) is 17.7 Å². The largest absolute Gasteiger partial charge is 1.00 e. The maximum Gasteiger partial charge on any atom is 1.00 e. The second-order valence-electron chi connectivity index (χ2n) is 2.43. The Morgan fingerprint density at radius 2 is 1.69 bits per heavy atom. The fourth-order valence-electron chi connectivity index (χ4n) is 0.785. The molecule has 3 N–H and O–H groups in total. The third-order valence-corrected chi connectivity index (χ3v) is 2.69. The van der Waals surface area contributed by atoms with Crippen molar-refractivity contribution < 1.29 is 38.0 Å². The van der Waals surface area contributed by atoms with Crippen LogP contribution in [0, 0.1) is 6.92 Å². The normalized spacial score (nSPS) is 10.6. The second-order valence-corrected chi connectivity index (χ2v) is 4.15. The number of sulfonamides is 1. The minimum absolute atomic E-state index is 0. The molecule has 66 valence electrons.